The molecule has 1 aromatic carbocycles. The Morgan fingerprint density at radius 2 is 2.09 bits per heavy atom. The first-order valence-corrected chi connectivity index (χ1v) is 7.65. The predicted octanol–water partition coefficient (Wildman–Crippen LogP) is 1.73. The number of hydrogen-bond acceptors (Lipinski definition) is 3. The van der Waals surface area contributed by atoms with Crippen LogP contribution in [-0.2, 0) is 11.3 Å². The number of benzene rings is 1. The number of carbonyl (C=O) groups is 2. The van der Waals surface area contributed by atoms with Crippen molar-refractivity contribution in [2.75, 3.05) is 13.1 Å². The molecule has 1 aliphatic carbocycles. The lowest BCUT2D eigenvalue weighted by molar-refractivity contribution is -0.133. The first-order valence-electron chi connectivity index (χ1n) is 7.65. The van der Waals surface area contributed by atoms with Crippen LogP contribution in [0.5, 0.6) is 0 Å². The molecule has 1 aromatic rings. The Morgan fingerprint density at radius 1 is 1.41 bits per heavy atom. The Morgan fingerprint density at radius 3 is 2.64 bits per heavy atom. The van der Waals surface area contributed by atoms with Crippen molar-refractivity contribution < 1.29 is 14.0 Å². The van der Waals surface area contributed by atoms with Crippen LogP contribution in [0.1, 0.15) is 25.3 Å². The molecule has 0 aromatic heterocycles. The van der Waals surface area contributed by atoms with Crippen LogP contribution in [0.15, 0.2) is 24.3 Å². The van der Waals surface area contributed by atoms with E-state index in [9.17, 15) is 14.0 Å². The van der Waals surface area contributed by atoms with Gasteiger partial charge in [0.25, 0.3) is 0 Å². The largest absolute Gasteiger partial charge is 0.336 e. The van der Waals surface area contributed by atoms with Gasteiger partial charge in [-0.1, -0.05) is 12.1 Å². The van der Waals surface area contributed by atoms with Crippen LogP contribution >= 0.6 is 0 Å². The molecule has 0 spiro atoms. The maximum absolute atomic E-state index is 13.0. The molecule has 0 radical (unpaired) electrons. The molecule has 1 saturated carbocycles. The number of rotatable bonds is 5. The van der Waals surface area contributed by atoms with Gasteiger partial charge in [-0.05, 0) is 37.5 Å². The van der Waals surface area contributed by atoms with Gasteiger partial charge in [0.1, 0.15) is 5.82 Å². The van der Waals surface area contributed by atoms with E-state index in [1.165, 1.54) is 17.0 Å². The lowest BCUT2D eigenvalue weighted by atomic mass is 10.1. The van der Waals surface area contributed by atoms with Gasteiger partial charge in [0.05, 0.1) is 6.04 Å². The fraction of sp³-hybridized carbons (Fsp3) is 0.500. The SMILES string of the molecule is C[C@H](C(=O)N1CCNC1=O)N(Cc1ccc(F)cc1)C1CC1. The van der Waals surface area contributed by atoms with Crippen molar-refractivity contribution >= 4 is 11.9 Å². The zero-order valence-electron chi connectivity index (χ0n) is 12.6. The highest BCUT2D eigenvalue weighted by Gasteiger charge is 2.38. The van der Waals surface area contributed by atoms with Crippen LogP contribution in [0.25, 0.3) is 0 Å². The maximum atomic E-state index is 13.0. The Balaban J connectivity index is 1.71. The van der Waals surface area contributed by atoms with E-state index >= 15 is 0 Å². The number of imide groups is 1. The molecule has 2 fully saturated rings. The number of halogens is 1. The van der Waals surface area contributed by atoms with Crippen molar-refractivity contribution in [1.29, 1.82) is 0 Å². The molecule has 2 aliphatic rings. The highest BCUT2D eigenvalue weighted by atomic mass is 19.1. The van der Waals surface area contributed by atoms with Gasteiger partial charge in [-0.15, -0.1) is 0 Å². The third-order valence-electron chi connectivity index (χ3n) is 4.27. The highest BCUT2D eigenvalue weighted by molar-refractivity contribution is 5.98. The number of hydrogen-bond donors (Lipinski definition) is 1. The molecule has 1 atom stereocenters. The number of carbonyl (C=O) groups excluding carboxylic acids is 2. The third kappa shape index (κ3) is 3.11. The molecule has 0 unspecified atom stereocenters. The second-order valence-corrected chi connectivity index (χ2v) is 5.93. The molecular formula is C16H20FN3O2. The third-order valence-corrected chi connectivity index (χ3v) is 4.27. The normalized spacial score (nSPS) is 19.4. The monoisotopic (exact) mass is 305 g/mol. The average molecular weight is 305 g/mol. The van der Waals surface area contributed by atoms with Gasteiger partial charge in [0, 0.05) is 25.7 Å². The van der Waals surface area contributed by atoms with E-state index in [0.717, 1.165) is 18.4 Å². The van der Waals surface area contributed by atoms with E-state index in [0.29, 0.717) is 25.7 Å². The van der Waals surface area contributed by atoms with Crippen LogP contribution in [0.3, 0.4) is 0 Å². The minimum atomic E-state index is -0.360. The minimum Gasteiger partial charge on any atom is -0.336 e. The molecule has 1 aliphatic heterocycles. The van der Waals surface area contributed by atoms with E-state index in [-0.39, 0.29) is 23.8 Å². The summed E-state index contributed by atoms with van der Waals surface area (Å²) in [6.45, 7) is 3.37. The number of amides is 3. The van der Waals surface area contributed by atoms with Crippen LogP contribution in [0.2, 0.25) is 0 Å². The molecular weight excluding hydrogens is 285 g/mol. The summed E-state index contributed by atoms with van der Waals surface area (Å²) in [5.74, 6) is -0.427. The van der Waals surface area contributed by atoms with Gasteiger partial charge in [-0.2, -0.15) is 0 Å². The number of nitrogens with zero attached hydrogens (tertiary/aromatic N) is 2. The fourth-order valence-corrected chi connectivity index (χ4v) is 2.84. The van der Waals surface area contributed by atoms with Crippen molar-refractivity contribution in [2.24, 2.45) is 0 Å². The lowest BCUT2D eigenvalue weighted by Crippen LogP contribution is -2.48. The summed E-state index contributed by atoms with van der Waals surface area (Å²) in [6, 6.07) is 6.04. The summed E-state index contributed by atoms with van der Waals surface area (Å²) < 4.78 is 13.0. The Kier molecular flexibility index (Phi) is 4.11. The van der Waals surface area contributed by atoms with Crippen LogP contribution in [0, 0.1) is 5.82 Å². The second kappa shape index (κ2) is 6.04. The van der Waals surface area contributed by atoms with Gasteiger partial charge < -0.3 is 5.32 Å². The molecule has 1 N–H and O–H groups in total. The van der Waals surface area contributed by atoms with Gasteiger partial charge >= 0.3 is 6.03 Å². The van der Waals surface area contributed by atoms with E-state index in [2.05, 4.69) is 10.2 Å². The van der Waals surface area contributed by atoms with Crippen molar-refractivity contribution in [3.8, 4) is 0 Å². The first-order chi connectivity index (χ1) is 10.6. The maximum Gasteiger partial charge on any atom is 0.324 e. The van der Waals surface area contributed by atoms with Crippen molar-refractivity contribution in [3.05, 3.63) is 35.6 Å². The quantitative estimate of drug-likeness (QED) is 0.901. The number of nitrogens with one attached hydrogen (secondary N) is 1. The molecule has 1 saturated heterocycles. The molecule has 118 valence electrons. The molecule has 3 rings (SSSR count). The molecule has 0 bridgehead atoms. The van der Waals surface area contributed by atoms with Gasteiger partial charge in [0.2, 0.25) is 5.91 Å². The first kappa shape index (κ1) is 15.0. The summed E-state index contributed by atoms with van der Waals surface area (Å²) in [4.78, 5) is 27.6. The van der Waals surface area contributed by atoms with Crippen LogP contribution < -0.4 is 5.32 Å². The fourth-order valence-electron chi connectivity index (χ4n) is 2.84. The Labute approximate surface area is 129 Å². The molecule has 6 heteroatoms. The summed E-state index contributed by atoms with van der Waals surface area (Å²) in [5.41, 5.74) is 0.971. The zero-order chi connectivity index (χ0) is 15.7. The van der Waals surface area contributed by atoms with E-state index in [1.807, 2.05) is 6.92 Å². The van der Waals surface area contributed by atoms with E-state index < -0.39 is 0 Å². The van der Waals surface area contributed by atoms with Crippen molar-refractivity contribution in [1.82, 2.24) is 15.1 Å². The molecule has 3 amide bonds. The summed E-state index contributed by atoms with van der Waals surface area (Å²) in [5, 5.41) is 2.65. The summed E-state index contributed by atoms with van der Waals surface area (Å²) in [7, 11) is 0. The zero-order valence-corrected chi connectivity index (χ0v) is 12.6. The van der Waals surface area contributed by atoms with E-state index in [1.54, 1.807) is 12.1 Å². The standard InChI is InChI=1S/C16H20FN3O2/c1-11(15(21)19-9-8-18-16(19)22)20(14-6-7-14)10-12-2-4-13(17)5-3-12/h2-5,11,14H,6-10H2,1H3,(H,18,22)/t11-/m1/s1. The van der Waals surface area contributed by atoms with E-state index in [4.69, 9.17) is 0 Å². The Bertz CT molecular complexity index is 571. The highest BCUT2D eigenvalue weighted by Crippen LogP contribution is 2.30. The predicted molar refractivity (Wildman–Crippen MR) is 79.5 cm³/mol. The van der Waals surface area contributed by atoms with Crippen molar-refractivity contribution in [2.45, 2.75) is 38.4 Å². The lowest BCUT2D eigenvalue weighted by Gasteiger charge is -2.30. The Hall–Kier alpha value is -1.95. The smallest absolute Gasteiger partial charge is 0.324 e. The minimum absolute atomic E-state index is 0.163. The topological polar surface area (TPSA) is 52.7 Å². The van der Waals surface area contributed by atoms with Crippen molar-refractivity contribution in [3.63, 3.8) is 0 Å². The average Bonchev–Trinajstić information content (AvgIpc) is 3.26. The van der Waals surface area contributed by atoms with Gasteiger partial charge in [-0.3, -0.25) is 14.6 Å². The number of urea groups is 1. The summed E-state index contributed by atoms with van der Waals surface area (Å²) in [6.07, 6.45) is 2.12. The molecule has 5 nitrogen and oxygen atoms in total. The molecule has 22 heavy (non-hydrogen) atoms. The van der Waals surface area contributed by atoms with Crippen LogP contribution in [-0.4, -0.2) is 46.9 Å². The van der Waals surface area contributed by atoms with Gasteiger partial charge in [0.15, 0.2) is 0 Å². The van der Waals surface area contributed by atoms with Gasteiger partial charge in [-0.25, -0.2) is 9.18 Å². The summed E-state index contributed by atoms with van der Waals surface area (Å²) >= 11 is 0. The van der Waals surface area contributed by atoms with Crippen LogP contribution in [0.4, 0.5) is 9.18 Å². The second-order valence-electron chi connectivity index (χ2n) is 5.93. The molecule has 1 heterocycles.